The van der Waals surface area contributed by atoms with Crippen LogP contribution in [0.15, 0.2) is 6.07 Å². The third-order valence-electron chi connectivity index (χ3n) is 4.79. The fourth-order valence-corrected chi connectivity index (χ4v) is 4.25. The maximum absolute atomic E-state index is 12.5. The second-order valence-corrected chi connectivity index (χ2v) is 7.67. The number of rotatable bonds is 5. The van der Waals surface area contributed by atoms with Gasteiger partial charge in [0.1, 0.15) is 0 Å². The Hall–Kier alpha value is -0.620. The second-order valence-electron chi connectivity index (χ2n) is 6.41. The fourth-order valence-electron chi connectivity index (χ4n) is 3.32. The number of likely N-dealkylation sites (tertiary alicyclic amines) is 1. The number of thiophene rings is 1. The van der Waals surface area contributed by atoms with Crippen molar-refractivity contribution in [2.24, 2.45) is 11.8 Å². The van der Waals surface area contributed by atoms with E-state index in [-0.39, 0.29) is 31.0 Å². The molecule has 1 saturated heterocycles. The molecule has 2 N–H and O–H groups in total. The summed E-state index contributed by atoms with van der Waals surface area (Å²) in [6.07, 6.45) is 2.59. The molecule has 4 nitrogen and oxygen atoms in total. The van der Waals surface area contributed by atoms with Crippen LogP contribution in [0.1, 0.15) is 33.0 Å². The number of halogens is 1. The zero-order valence-corrected chi connectivity index (χ0v) is 14.8. The van der Waals surface area contributed by atoms with E-state index < -0.39 is 0 Å². The zero-order valence-electron chi connectivity index (χ0n) is 13.2. The van der Waals surface area contributed by atoms with E-state index in [1.807, 2.05) is 13.0 Å². The Morgan fingerprint density at radius 1 is 1.41 bits per heavy atom. The summed E-state index contributed by atoms with van der Waals surface area (Å²) in [4.78, 5) is 16.8. The summed E-state index contributed by atoms with van der Waals surface area (Å²) in [6.45, 7) is 6.90. The van der Waals surface area contributed by atoms with E-state index in [1.54, 1.807) is 11.3 Å². The Morgan fingerprint density at radius 2 is 2.14 bits per heavy atom. The normalized spacial score (nSPS) is 25.0. The number of aryl methyl sites for hydroxylation is 2. The minimum Gasteiger partial charge on any atom is -0.395 e. The summed E-state index contributed by atoms with van der Waals surface area (Å²) in [6, 6.07) is 2.22. The number of aliphatic hydroxyl groups is 1. The number of aliphatic hydroxyl groups excluding tert-OH is 1. The molecule has 3 rings (SSSR count). The highest BCUT2D eigenvalue weighted by molar-refractivity contribution is 7.14. The number of hydrogen-bond donors (Lipinski definition) is 2. The second kappa shape index (κ2) is 7.30. The molecule has 1 aromatic rings. The van der Waals surface area contributed by atoms with Crippen LogP contribution in [0.5, 0.6) is 0 Å². The van der Waals surface area contributed by atoms with Crippen LogP contribution in [0.2, 0.25) is 0 Å². The first-order valence-corrected chi connectivity index (χ1v) is 8.61. The van der Waals surface area contributed by atoms with Gasteiger partial charge in [-0.2, -0.15) is 0 Å². The number of carbonyl (C=O) groups excluding carboxylic acids is 1. The molecule has 1 aromatic heterocycles. The van der Waals surface area contributed by atoms with Gasteiger partial charge in [-0.1, -0.05) is 0 Å². The van der Waals surface area contributed by atoms with Crippen molar-refractivity contribution < 1.29 is 9.90 Å². The van der Waals surface area contributed by atoms with Crippen LogP contribution >= 0.6 is 23.7 Å². The first-order valence-electron chi connectivity index (χ1n) is 7.79. The summed E-state index contributed by atoms with van der Waals surface area (Å²) in [5.74, 6) is 1.39. The molecular weight excluding hydrogens is 320 g/mol. The number of carbonyl (C=O) groups is 1. The van der Waals surface area contributed by atoms with Crippen molar-refractivity contribution in [3.63, 3.8) is 0 Å². The van der Waals surface area contributed by atoms with Crippen LogP contribution in [0.4, 0.5) is 0 Å². The lowest BCUT2D eigenvalue weighted by molar-refractivity contribution is 0.0932. The molecule has 1 amide bonds. The number of β-amino-alcohol motifs (C(OH)–C–C–N with tert-alkyl or cyclic N) is 1. The van der Waals surface area contributed by atoms with Crippen molar-refractivity contribution in [1.29, 1.82) is 0 Å². The van der Waals surface area contributed by atoms with Gasteiger partial charge in [0.25, 0.3) is 5.91 Å². The van der Waals surface area contributed by atoms with E-state index in [9.17, 15) is 4.79 Å². The molecule has 2 heterocycles. The molecule has 1 aliphatic carbocycles. The fraction of sp³-hybridized carbons (Fsp3) is 0.688. The van der Waals surface area contributed by atoms with Crippen LogP contribution in [0.3, 0.4) is 0 Å². The van der Waals surface area contributed by atoms with Crippen molar-refractivity contribution in [3.8, 4) is 0 Å². The van der Waals surface area contributed by atoms with Crippen LogP contribution in [0, 0.1) is 25.7 Å². The number of hydrogen-bond acceptors (Lipinski definition) is 4. The molecule has 1 saturated carbocycles. The van der Waals surface area contributed by atoms with Crippen LogP contribution in [-0.2, 0) is 0 Å². The van der Waals surface area contributed by atoms with Gasteiger partial charge in [-0.3, -0.25) is 9.69 Å². The summed E-state index contributed by atoms with van der Waals surface area (Å²) >= 11 is 1.58. The number of nitrogens with one attached hydrogen (secondary N) is 1. The van der Waals surface area contributed by atoms with Gasteiger partial charge >= 0.3 is 0 Å². The third-order valence-corrected chi connectivity index (χ3v) is 5.94. The van der Waals surface area contributed by atoms with Crippen molar-refractivity contribution in [1.82, 2.24) is 10.2 Å². The lowest BCUT2D eigenvalue weighted by atomic mass is 9.98. The minimum atomic E-state index is 0. The lowest BCUT2D eigenvalue weighted by Gasteiger charge is -2.19. The highest BCUT2D eigenvalue weighted by Crippen LogP contribution is 2.41. The van der Waals surface area contributed by atoms with E-state index in [4.69, 9.17) is 5.11 Å². The first-order chi connectivity index (χ1) is 10.1. The van der Waals surface area contributed by atoms with E-state index >= 15 is 0 Å². The van der Waals surface area contributed by atoms with Gasteiger partial charge in [0.15, 0.2) is 0 Å². The molecule has 2 atom stereocenters. The molecule has 0 bridgehead atoms. The molecule has 0 spiro atoms. The summed E-state index contributed by atoms with van der Waals surface area (Å²) in [5, 5.41) is 12.4. The molecule has 0 unspecified atom stereocenters. The van der Waals surface area contributed by atoms with Crippen LogP contribution in [-0.4, -0.2) is 48.2 Å². The van der Waals surface area contributed by atoms with Crippen molar-refractivity contribution >= 4 is 29.7 Å². The van der Waals surface area contributed by atoms with Crippen molar-refractivity contribution in [2.45, 2.75) is 32.7 Å². The third kappa shape index (κ3) is 3.82. The number of nitrogens with zero attached hydrogens (tertiary/aromatic N) is 1. The first kappa shape index (κ1) is 17.7. The van der Waals surface area contributed by atoms with Crippen LogP contribution < -0.4 is 5.32 Å². The minimum absolute atomic E-state index is 0. The summed E-state index contributed by atoms with van der Waals surface area (Å²) in [7, 11) is 0. The van der Waals surface area contributed by atoms with Gasteiger partial charge in [-0.15, -0.1) is 23.7 Å². The molecule has 0 aromatic carbocycles. The summed E-state index contributed by atoms with van der Waals surface area (Å²) in [5.41, 5.74) is 1.19. The molecule has 6 heteroatoms. The zero-order chi connectivity index (χ0) is 15.0. The predicted octanol–water partition coefficient (Wildman–Crippen LogP) is 2.22. The Balaban J connectivity index is 0.00000176. The topological polar surface area (TPSA) is 52.6 Å². The average Bonchev–Trinajstić information content (AvgIpc) is 3.13. The number of amides is 1. The predicted molar refractivity (Wildman–Crippen MR) is 92.0 cm³/mol. The Kier molecular flexibility index (Phi) is 5.88. The Bertz CT molecular complexity index is 511. The van der Waals surface area contributed by atoms with Gasteiger partial charge in [-0.25, -0.2) is 0 Å². The average molecular weight is 345 g/mol. The molecule has 1 aliphatic heterocycles. The molecule has 22 heavy (non-hydrogen) atoms. The van der Waals surface area contributed by atoms with Crippen LogP contribution in [0.25, 0.3) is 0 Å². The smallest absolute Gasteiger partial charge is 0.261 e. The molecule has 2 aliphatic rings. The quantitative estimate of drug-likeness (QED) is 0.861. The van der Waals surface area contributed by atoms with Gasteiger partial charge in [0, 0.05) is 30.6 Å². The highest BCUT2D eigenvalue weighted by atomic mass is 35.5. The standard InChI is InChI=1S/C16H24N2O2S.ClH/c1-10-7-15(21-11(10)2)16(20)17-14-9-18(5-6-19)8-13(14)12-3-4-12;/h7,12-14,19H,3-6,8-9H2,1-2H3,(H,17,20);1H/t13-,14+;/m1./s1. The SMILES string of the molecule is Cc1cc(C(=O)N[C@H]2CN(CCO)C[C@@H]2C2CC2)sc1C.Cl. The monoisotopic (exact) mass is 344 g/mol. The van der Waals surface area contributed by atoms with Crippen molar-refractivity contribution in [3.05, 3.63) is 21.4 Å². The van der Waals surface area contributed by atoms with E-state index in [0.29, 0.717) is 12.5 Å². The Labute approximate surface area is 142 Å². The van der Waals surface area contributed by atoms with E-state index in [1.165, 1.54) is 23.3 Å². The maximum atomic E-state index is 12.5. The summed E-state index contributed by atoms with van der Waals surface area (Å²) < 4.78 is 0. The maximum Gasteiger partial charge on any atom is 0.261 e. The lowest BCUT2D eigenvalue weighted by Crippen LogP contribution is -2.41. The van der Waals surface area contributed by atoms with Crippen molar-refractivity contribution in [2.75, 3.05) is 26.2 Å². The van der Waals surface area contributed by atoms with Gasteiger partial charge < -0.3 is 10.4 Å². The van der Waals surface area contributed by atoms with E-state index in [2.05, 4.69) is 17.1 Å². The van der Waals surface area contributed by atoms with Gasteiger partial charge in [0.2, 0.25) is 0 Å². The molecular formula is C16H25ClN2O2S. The van der Waals surface area contributed by atoms with Gasteiger partial charge in [0.05, 0.1) is 11.5 Å². The largest absolute Gasteiger partial charge is 0.395 e. The van der Waals surface area contributed by atoms with Gasteiger partial charge in [-0.05, 0) is 50.2 Å². The highest BCUT2D eigenvalue weighted by Gasteiger charge is 2.42. The Morgan fingerprint density at radius 3 is 2.68 bits per heavy atom. The molecule has 0 radical (unpaired) electrons. The van der Waals surface area contributed by atoms with E-state index in [0.717, 1.165) is 23.9 Å². The molecule has 124 valence electrons. The molecule has 2 fully saturated rings.